The lowest BCUT2D eigenvalue weighted by Crippen LogP contribution is -2.33. The number of hydrogen-bond donors (Lipinski definition) is 1. The summed E-state index contributed by atoms with van der Waals surface area (Å²) in [5, 5.41) is 11.0. The van der Waals surface area contributed by atoms with Gasteiger partial charge in [-0.1, -0.05) is 6.07 Å². The molecule has 0 saturated heterocycles. The molecule has 0 aliphatic carbocycles. The predicted octanol–water partition coefficient (Wildman–Crippen LogP) is 3.09. The number of aliphatic hydroxyl groups excluding tert-OH is 1. The number of benzene rings is 2. The van der Waals surface area contributed by atoms with E-state index in [0.717, 1.165) is 29.8 Å². The molecular formula is C22H27NO6. The third-order valence-electron chi connectivity index (χ3n) is 5.79. The summed E-state index contributed by atoms with van der Waals surface area (Å²) >= 11 is 0. The van der Waals surface area contributed by atoms with Crippen molar-refractivity contribution in [2.45, 2.75) is 25.0 Å². The molecule has 0 saturated carbocycles. The third-order valence-corrected chi connectivity index (χ3v) is 5.79. The van der Waals surface area contributed by atoms with Crippen molar-refractivity contribution in [3.8, 4) is 28.7 Å². The molecule has 156 valence electrons. The summed E-state index contributed by atoms with van der Waals surface area (Å²) < 4.78 is 27.7. The zero-order valence-electron chi connectivity index (χ0n) is 17.2. The van der Waals surface area contributed by atoms with Crippen molar-refractivity contribution in [2.75, 3.05) is 41.7 Å². The van der Waals surface area contributed by atoms with Crippen molar-refractivity contribution in [3.05, 3.63) is 41.0 Å². The van der Waals surface area contributed by atoms with Gasteiger partial charge in [0.1, 0.15) is 0 Å². The minimum atomic E-state index is -0.677. The van der Waals surface area contributed by atoms with Crippen LogP contribution in [0.2, 0.25) is 0 Å². The van der Waals surface area contributed by atoms with Crippen molar-refractivity contribution in [1.82, 2.24) is 4.90 Å². The minimum Gasteiger partial charge on any atom is -0.493 e. The molecule has 2 heterocycles. The second kappa shape index (κ2) is 8.00. The van der Waals surface area contributed by atoms with Gasteiger partial charge in [0.2, 0.25) is 12.5 Å². The monoisotopic (exact) mass is 401 g/mol. The summed E-state index contributed by atoms with van der Waals surface area (Å²) in [6.07, 6.45) is 0.722. The Balaban J connectivity index is 1.68. The quantitative estimate of drug-likeness (QED) is 0.798. The van der Waals surface area contributed by atoms with Gasteiger partial charge in [-0.2, -0.15) is 0 Å². The molecular weight excluding hydrogens is 374 g/mol. The van der Waals surface area contributed by atoms with Crippen LogP contribution in [0.4, 0.5) is 0 Å². The highest BCUT2D eigenvalue weighted by molar-refractivity contribution is 5.61. The van der Waals surface area contributed by atoms with Crippen LogP contribution in [0.25, 0.3) is 0 Å². The van der Waals surface area contributed by atoms with Crippen molar-refractivity contribution in [2.24, 2.45) is 0 Å². The van der Waals surface area contributed by atoms with Gasteiger partial charge in [0.05, 0.1) is 27.4 Å². The maximum atomic E-state index is 11.0. The average Bonchev–Trinajstić information content (AvgIpc) is 3.21. The highest BCUT2D eigenvalue weighted by Gasteiger charge is 2.35. The lowest BCUT2D eigenvalue weighted by molar-refractivity contribution is 0.107. The van der Waals surface area contributed by atoms with E-state index in [4.69, 9.17) is 23.7 Å². The Morgan fingerprint density at radius 3 is 2.62 bits per heavy atom. The Hall–Kier alpha value is -2.64. The van der Waals surface area contributed by atoms with E-state index in [9.17, 15) is 5.11 Å². The summed E-state index contributed by atoms with van der Waals surface area (Å²) in [6.45, 7) is 1.09. The van der Waals surface area contributed by atoms with Gasteiger partial charge >= 0.3 is 0 Å². The van der Waals surface area contributed by atoms with Crippen LogP contribution in [0.3, 0.4) is 0 Å². The zero-order chi connectivity index (χ0) is 20.5. The highest BCUT2D eigenvalue weighted by atomic mass is 16.7. The largest absolute Gasteiger partial charge is 0.493 e. The number of fused-ring (bicyclic) bond motifs is 2. The fraction of sp³-hybridized carbons (Fsp3) is 0.455. The fourth-order valence-corrected chi connectivity index (χ4v) is 4.23. The SMILES string of the molecule is COc1ccc([C@H](O)C[C@@H]2c3c(cc4c(c3OC)OCO4)CCN2C)cc1OC. The topological polar surface area (TPSA) is 69.6 Å². The van der Waals surface area contributed by atoms with Gasteiger partial charge in [-0.25, -0.2) is 0 Å². The molecule has 2 aliphatic heterocycles. The standard InChI is InChI=1S/C22H27NO6/c1-23-8-7-14-10-19-21(29-12-28-19)22(27-4)20(14)15(23)11-16(24)13-5-6-17(25-2)18(9-13)26-3/h5-6,9-10,15-16,24H,7-8,11-12H2,1-4H3/t15-,16-/m1/s1. The first-order valence-electron chi connectivity index (χ1n) is 9.67. The van der Waals surface area contributed by atoms with Crippen molar-refractivity contribution >= 4 is 0 Å². The molecule has 7 heteroatoms. The Kier molecular flexibility index (Phi) is 5.43. The van der Waals surface area contributed by atoms with Gasteiger partial charge in [0.15, 0.2) is 23.0 Å². The number of rotatable bonds is 6. The van der Waals surface area contributed by atoms with Crippen molar-refractivity contribution < 1.29 is 28.8 Å². The molecule has 0 aromatic heterocycles. The summed E-state index contributed by atoms with van der Waals surface area (Å²) in [5.74, 6) is 3.31. The first-order valence-corrected chi connectivity index (χ1v) is 9.67. The van der Waals surface area contributed by atoms with Crippen LogP contribution < -0.4 is 23.7 Å². The van der Waals surface area contributed by atoms with Gasteiger partial charge in [-0.15, -0.1) is 0 Å². The summed E-state index contributed by atoms with van der Waals surface area (Å²) in [6, 6.07) is 7.53. The molecule has 0 amide bonds. The van der Waals surface area contributed by atoms with Gasteiger partial charge < -0.3 is 28.8 Å². The molecule has 0 bridgehead atoms. The third kappa shape index (κ3) is 3.45. The number of methoxy groups -OCH3 is 3. The Labute approximate surface area is 170 Å². The minimum absolute atomic E-state index is 0.0219. The molecule has 2 aromatic carbocycles. The number of hydrogen-bond acceptors (Lipinski definition) is 7. The molecule has 7 nitrogen and oxygen atoms in total. The fourth-order valence-electron chi connectivity index (χ4n) is 4.23. The summed E-state index contributed by atoms with van der Waals surface area (Å²) in [7, 11) is 6.90. The molecule has 4 rings (SSSR count). The molecule has 2 aliphatic rings. The van der Waals surface area contributed by atoms with Crippen LogP contribution in [0.15, 0.2) is 24.3 Å². The van der Waals surface area contributed by atoms with E-state index in [2.05, 4.69) is 11.9 Å². The molecule has 1 N–H and O–H groups in total. The van der Waals surface area contributed by atoms with Crippen LogP contribution in [0.5, 0.6) is 28.7 Å². The van der Waals surface area contributed by atoms with E-state index >= 15 is 0 Å². The van der Waals surface area contributed by atoms with Crippen LogP contribution >= 0.6 is 0 Å². The maximum absolute atomic E-state index is 11.0. The van der Waals surface area contributed by atoms with E-state index in [1.807, 2.05) is 24.3 Å². The Bertz CT molecular complexity index is 899. The van der Waals surface area contributed by atoms with E-state index in [-0.39, 0.29) is 12.8 Å². The highest BCUT2D eigenvalue weighted by Crippen LogP contribution is 2.51. The van der Waals surface area contributed by atoms with Crippen LogP contribution in [0, 0.1) is 0 Å². The van der Waals surface area contributed by atoms with E-state index in [1.165, 1.54) is 5.56 Å². The van der Waals surface area contributed by atoms with Gasteiger partial charge in [0.25, 0.3) is 0 Å². The Morgan fingerprint density at radius 2 is 1.90 bits per heavy atom. The van der Waals surface area contributed by atoms with Crippen molar-refractivity contribution in [3.63, 3.8) is 0 Å². The molecule has 29 heavy (non-hydrogen) atoms. The van der Waals surface area contributed by atoms with Gasteiger partial charge in [-0.3, -0.25) is 4.90 Å². The molecule has 2 aromatic rings. The first-order chi connectivity index (χ1) is 14.1. The van der Waals surface area contributed by atoms with E-state index in [1.54, 1.807) is 21.3 Å². The van der Waals surface area contributed by atoms with Crippen LogP contribution in [-0.2, 0) is 6.42 Å². The molecule has 0 radical (unpaired) electrons. The number of aliphatic hydroxyl groups is 1. The molecule has 0 fully saturated rings. The maximum Gasteiger partial charge on any atom is 0.231 e. The van der Waals surface area contributed by atoms with E-state index < -0.39 is 6.10 Å². The zero-order valence-corrected chi connectivity index (χ0v) is 17.2. The second-order valence-corrected chi connectivity index (χ2v) is 7.33. The van der Waals surface area contributed by atoms with Crippen LogP contribution in [0.1, 0.15) is 35.3 Å². The lowest BCUT2D eigenvalue weighted by Gasteiger charge is -2.37. The lowest BCUT2D eigenvalue weighted by atomic mass is 9.87. The first kappa shape index (κ1) is 19.7. The molecule has 0 unspecified atom stereocenters. The van der Waals surface area contributed by atoms with Gasteiger partial charge in [-0.05, 0) is 49.2 Å². The smallest absolute Gasteiger partial charge is 0.231 e. The number of ether oxygens (including phenoxy) is 5. The van der Waals surface area contributed by atoms with Crippen LogP contribution in [-0.4, -0.2) is 51.7 Å². The number of nitrogens with zero attached hydrogens (tertiary/aromatic N) is 1. The van der Waals surface area contributed by atoms with Crippen molar-refractivity contribution in [1.29, 1.82) is 0 Å². The number of likely N-dealkylation sites (N-methyl/N-ethyl adjacent to an activating group) is 1. The summed E-state index contributed by atoms with van der Waals surface area (Å²) in [4.78, 5) is 2.25. The van der Waals surface area contributed by atoms with Gasteiger partial charge in [0, 0.05) is 18.2 Å². The van der Waals surface area contributed by atoms with E-state index in [0.29, 0.717) is 29.4 Å². The molecule has 2 atom stereocenters. The normalized spacial score (nSPS) is 18.9. The summed E-state index contributed by atoms with van der Waals surface area (Å²) in [5.41, 5.74) is 3.02. The Morgan fingerprint density at radius 1 is 1.10 bits per heavy atom. The second-order valence-electron chi connectivity index (χ2n) is 7.33. The molecule has 0 spiro atoms. The average molecular weight is 401 g/mol. The predicted molar refractivity (Wildman–Crippen MR) is 107 cm³/mol.